The Balaban J connectivity index is 4.31. The predicted molar refractivity (Wildman–Crippen MR) is 60.4 cm³/mol. The van der Waals surface area contributed by atoms with Crippen LogP contribution in [0.1, 0.15) is 26.7 Å². The van der Waals surface area contributed by atoms with E-state index in [1.165, 1.54) is 6.26 Å². The van der Waals surface area contributed by atoms with Crippen molar-refractivity contribution in [3.8, 4) is 0 Å². The van der Waals surface area contributed by atoms with Crippen molar-refractivity contribution < 1.29 is 18.6 Å². The summed E-state index contributed by atoms with van der Waals surface area (Å²) in [4.78, 5) is 0. The normalized spacial score (nSPS) is 13.5. The van der Waals surface area contributed by atoms with Gasteiger partial charge in [-0.25, -0.2) is 8.42 Å². The Hall–Kier alpha value is -0.130. The zero-order valence-electron chi connectivity index (χ0n) is 9.73. The Bertz CT molecular complexity index is 265. The van der Waals surface area contributed by atoms with Gasteiger partial charge in [0.1, 0.15) is 9.84 Å². The first-order chi connectivity index (χ1) is 6.77. The van der Waals surface area contributed by atoms with Crippen LogP contribution in [0, 0.1) is 11.3 Å². The van der Waals surface area contributed by atoms with Gasteiger partial charge in [0.05, 0.1) is 13.2 Å². The minimum atomic E-state index is -2.95. The van der Waals surface area contributed by atoms with E-state index >= 15 is 0 Å². The van der Waals surface area contributed by atoms with Crippen LogP contribution in [-0.4, -0.2) is 43.9 Å². The second kappa shape index (κ2) is 5.82. The highest BCUT2D eigenvalue weighted by atomic mass is 32.2. The Labute approximate surface area is 92.2 Å². The summed E-state index contributed by atoms with van der Waals surface area (Å²) >= 11 is 0. The van der Waals surface area contributed by atoms with Crippen molar-refractivity contribution in [2.45, 2.75) is 26.7 Å². The average molecular weight is 238 g/mol. The molecule has 92 valence electrons. The fourth-order valence-corrected chi connectivity index (χ4v) is 2.22. The number of rotatable bonds is 7. The molecule has 5 heteroatoms. The maximum atomic E-state index is 10.9. The molecule has 0 atom stereocenters. The molecule has 0 aliphatic carbocycles. The summed E-state index contributed by atoms with van der Waals surface area (Å²) in [5.41, 5.74) is -0.551. The van der Waals surface area contributed by atoms with Crippen LogP contribution in [0.5, 0.6) is 0 Å². The maximum absolute atomic E-state index is 10.9. The van der Waals surface area contributed by atoms with Crippen LogP contribution < -0.4 is 0 Å². The maximum Gasteiger partial charge on any atom is 0.147 e. The minimum Gasteiger partial charge on any atom is -0.396 e. The highest BCUT2D eigenvalue weighted by molar-refractivity contribution is 7.90. The first-order valence-electron chi connectivity index (χ1n) is 5.17. The Morgan fingerprint density at radius 1 is 1.20 bits per heavy atom. The number of aliphatic hydroxyl groups excluding tert-OH is 2. The van der Waals surface area contributed by atoms with E-state index in [1.54, 1.807) is 0 Å². The number of aliphatic hydroxyl groups is 2. The fraction of sp³-hybridized carbons (Fsp3) is 1.00. The van der Waals surface area contributed by atoms with Crippen molar-refractivity contribution >= 4 is 9.84 Å². The van der Waals surface area contributed by atoms with Gasteiger partial charge in [0, 0.05) is 17.4 Å². The zero-order valence-corrected chi connectivity index (χ0v) is 10.5. The largest absolute Gasteiger partial charge is 0.396 e. The van der Waals surface area contributed by atoms with Crippen LogP contribution in [0.25, 0.3) is 0 Å². The molecular formula is C10H22O4S. The minimum absolute atomic E-state index is 0.106. The third-order valence-electron chi connectivity index (χ3n) is 3.04. The lowest BCUT2D eigenvalue weighted by molar-refractivity contribution is 0.00851. The topological polar surface area (TPSA) is 74.6 Å². The van der Waals surface area contributed by atoms with Gasteiger partial charge in [0.15, 0.2) is 0 Å². The van der Waals surface area contributed by atoms with E-state index in [1.807, 2.05) is 13.8 Å². The molecule has 0 radical (unpaired) electrons. The highest BCUT2D eigenvalue weighted by Crippen LogP contribution is 2.31. The molecule has 4 nitrogen and oxygen atoms in total. The smallest absolute Gasteiger partial charge is 0.147 e. The average Bonchev–Trinajstić information content (AvgIpc) is 2.10. The number of hydrogen-bond acceptors (Lipinski definition) is 4. The molecule has 0 amide bonds. The van der Waals surface area contributed by atoms with Gasteiger partial charge in [0.2, 0.25) is 0 Å². The van der Waals surface area contributed by atoms with Crippen LogP contribution in [0.3, 0.4) is 0 Å². The third-order valence-corrected chi connectivity index (χ3v) is 4.07. The van der Waals surface area contributed by atoms with Crippen molar-refractivity contribution in [2.24, 2.45) is 11.3 Å². The summed E-state index contributed by atoms with van der Waals surface area (Å²) in [5, 5.41) is 18.5. The molecular weight excluding hydrogens is 216 g/mol. The number of hydrogen-bond donors (Lipinski definition) is 2. The van der Waals surface area contributed by atoms with Gasteiger partial charge in [-0.2, -0.15) is 0 Å². The summed E-state index contributed by atoms with van der Waals surface area (Å²) in [6, 6.07) is 0. The van der Waals surface area contributed by atoms with E-state index in [-0.39, 0.29) is 24.9 Å². The molecule has 0 saturated carbocycles. The quantitative estimate of drug-likeness (QED) is 0.675. The van der Waals surface area contributed by atoms with E-state index in [2.05, 4.69) is 0 Å². The van der Waals surface area contributed by atoms with Crippen LogP contribution >= 0.6 is 0 Å². The third kappa shape index (κ3) is 4.95. The molecule has 0 aliphatic rings. The Kier molecular flexibility index (Phi) is 5.77. The Morgan fingerprint density at radius 2 is 1.67 bits per heavy atom. The molecule has 15 heavy (non-hydrogen) atoms. The fourth-order valence-electron chi connectivity index (χ4n) is 1.55. The van der Waals surface area contributed by atoms with Crippen LogP contribution in [0.2, 0.25) is 0 Å². The SMILES string of the molecule is CC(C)C(CO)(CO)CCCS(C)(=O)=O. The second-order valence-electron chi connectivity index (χ2n) is 4.57. The van der Waals surface area contributed by atoms with E-state index in [0.717, 1.165) is 0 Å². The monoisotopic (exact) mass is 238 g/mol. The van der Waals surface area contributed by atoms with E-state index in [0.29, 0.717) is 12.8 Å². The molecule has 2 N–H and O–H groups in total. The van der Waals surface area contributed by atoms with Crippen molar-refractivity contribution in [3.05, 3.63) is 0 Å². The van der Waals surface area contributed by atoms with Crippen LogP contribution in [0.15, 0.2) is 0 Å². The van der Waals surface area contributed by atoms with Gasteiger partial charge in [-0.05, 0) is 18.8 Å². The molecule has 0 aromatic heterocycles. The van der Waals surface area contributed by atoms with Crippen molar-refractivity contribution in [1.82, 2.24) is 0 Å². The zero-order chi connectivity index (χ0) is 12.1. The van der Waals surface area contributed by atoms with E-state index in [9.17, 15) is 18.6 Å². The summed E-state index contributed by atoms with van der Waals surface area (Å²) in [5.74, 6) is 0.244. The summed E-state index contributed by atoms with van der Waals surface area (Å²) in [7, 11) is -2.95. The van der Waals surface area contributed by atoms with Crippen molar-refractivity contribution in [2.75, 3.05) is 25.2 Å². The van der Waals surface area contributed by atoms with Gasteiger partial charge in [0.25, 0.3) is 0 Å². The van der Waals surface area contributed by atoms with Gasteiger partial charge < -0.3 is 10.2 Å². The molecule has 0 spiro atoms. The Morgan fingerprint density at radius 3 is 1.93 bits per heavy atom. The molecule has 0 aromatic rings. The second-order valence-corrected chi connectivity index (χ2v) is 6.83. The van der Waals surface area contributed by atoms with Gasteiger partial charge >= 0.3 is 0 Å². The summed E-state index contributed by atoms with van der Waals surface area (Å²) in [6.07, 6.45) is 2.21. The lowest BCUT2D eigenvalue weighted by atomic mass is 9.75. The predicted octanol–water partition coefficient (Wildman–Crippen LogP) is 0.438. The molecule has 0 heterocycles. The highest BCUT2D eigenvalue weighted by Gasteiger charge is 2.32. The first-order valence-corrected chi connectivity index (χ1v) is 7.23. The van der Waals surface area contributed by atoms with Crippen molar-refractivity contribution in [3.63, 3.8) is 0 Å². The van der Waals surface area contributed by atoms with Gasteiger partial charge in [-0.3, -0.25) is 0 Å². The molecule has 0 fully saturated rings. The standard InChI is InChI=1S/C10H22O4S/c1-9(2)10(7-11,8-12)5-4-6-15(3,13)14/h9,11-12H,4-8H2,1-3H3. The van der Waals surface area contributed by atoms with Gasteiger partial charge in [-0.1, -0.05) is 13.8 Å². The number of sulfone groups is 1. The molecule has 0 bridgehead atoms. The molecule has 0 unspecified atom stereocenters. The summed E-state index contributed by atoms with van der Waals surface area (Å²) in [6.45, 7) is 3.63. The first kappa shape index (κ1) is 14.9. The molecule has 0 saturated heterocycles. The van der Waals surface area contributed by atoms with E-state index in [4.69, 9.17) is 0 Å². The molecule has 0 aromatic carbocycles. The lowest BCUT2D eigenvalue weighted by Gasteiger charge is -2.34. The van der Waals surface area contributed by atoms with Gasteiger partial charge in [-0.15, -0.1) is 0 Å². The lowest BCUT2D eigenvalue weighted by Crippen LogP contribution is -2.35. The molecule has 0 rings (SSSR count). The van der Waals surface area contributed by atoms with E-state index < -0.39 is 15.3 Å². The summed E-state index contributed by atoms with van der Waals surface area (Å²) < 4.78 is 21.9. The van der Waals surface area contributed by atoms with Crippen LogP contribution in [0.4, 0.5) is 0 Å². The van der Waals surface area contributed by atoms with Crippen molar-refractivity contribution in [1.29, 1.82) is 0 Å². The van der Waals surface area contributed by atoms with Crippen LogP contribution in [-0.2, 0) is 9.84 Å². The molecule has 0 aliphatic heterocycles.